The molecule has 2 amide bonds. The predicted molar refractivity (Wildman–Crippen MR) is 112 cm³/mol. The lowest BCUT2D eigenvalue weighted by molar-refractivity contribution is -0.119. The van der Waals surface area contributed by atoms with Gasteiger partial charge in [0.25, 0.3) is 0 Å². The summed E-state index contributed by atoms with van der Waals surface area (Å²) in [6, 6.07) is 12.6. The third kappa shape index (κ3) is 5.52. The van der Waals surface area contributed by atoms with E-state index in [0.717, 1.165) is 35.3 Å². The van der Waals surface area contributed by atoms with E-state index in [2.05, 4.69) is 16.0 Å². The smallest absolute Gasteiger partial charge is 0.230 e. The zero-order valence-electron chi connectivity index (χ0n) is 14.8. The van der Waals surface area contributed by atoms with Crippen molar-refractivity contribution in [2.45, 2.75) is 26.2 Å². The lowest BCUT2D eigenvalue weighted by Crippen LogP contribution is -2.35. The number of carbonyl (C=O) groups is 2. The van der Waals surface area contributed by atoms with Gasteiger partial charge in [0, 0.05) is 22.3 Å². The molecule has 0 aromatic heterocycles. The van der Waals surface area contributed by atoms with Gasteiger partial charge < -0.3 is 16.0 Å². The van der Waals surface area contributed by atoms with E-state index in [-0.39, 0.29) is 29.3 Å². The maximum atomic E-state index is 12.1. The van der Waals surface area contributed by atoms with Crippen molar-refractivity contribution in [2.75, 3.05) is 10.6 Å². The Morgan fingerprint density at radius 2 is 1.70 bits per heavy atom. The van der Waals surface area contributed by atoms with E-state index in [1.165, 1.54) is 0 Å². The van der Waals surface area contributed by atoms with Gasteiger partial charge in [-0.2, -0.15) is 0 Å². The maximum Gasteiger partial charge on any atom is 0.230 e. The van der Waals surface area contributed by atoms with Crippen LogP contribution in [0, 0.1) is 12.8 Å². The van der Waals surface area contributed by atoms with Crippen LogP contribution in [0.4, 0.5) is 11.4 Å². The normalized spacial score (nSPS) is 13.0. The summed E-state index contributed by atoms with van der Waals surface area (Å²) in [4.78, 5) is 24.1. The molecule has 27 heavy (non-hydrogen) atoms. The molecule has 3 rings (SSSR count). The minimum absolute atomic E-state index is 0.0501. The van der Waals surface area contributed by atoms with Crippen LogP contribution in [-0.2, 0) is 16.0 Å². The molecule has 140 valence electrons. The van der Waals surface area contributed by atoms with E-state index in [0.29, 0.717) is 5.02 Å². The number of rotatable bonds is 5. The van der Waals surface area contributed by atoms with Gasteiger partial charge in [0.15, 0.2) is 5.11 Å². The van der Waals surface area contributed by atoms with E-state index in [9.17, 15) is 9.59 Å². The van der Waals surface area contributed by atoms with Crippen LogP contribution < -0.4 is 16.0 Å². The zero-order valence-corrected chi connectivity index (χ0v) is 16.4. The summed E-state index contributed by atoms with van der Waals surface area (Å²) in [7, 11) is 0. The molecule has 1 fully saturated rings. The zero-order chi connectivity index (χ0) is 19.4. The molecule has 3 N–H and O–H groups in total. The Morgan fingerprint density at radius 1 is 1.07 bits per heavy atom. The van der Waals surface area contributed by atoms with Crippen molar-refractivity contribution in [3.63, 3.8) is 0 Å². The van der Waals surface area contributed by atoms with Gasteiger partial charge in [-0.05, 0) is 67.4 Å². The molecular weight excluding hydrogens is 382 g/mol. The van der Waals surface area contributed by atoms with E-state index in [1.807, 2.05) is 25.1 Å². The van der Waals surface area contributed by atoms with E-state index < -0.39 is 0 Å². The van der Waals surface area contributed by atoms with E-state index >= 15 is 0 Å². The van der Waals surface area contributed by atoms with Crippen molar-refractivity contribution in [1.82, 2.24) is 5.32 Å². The third-order valence-electron chi connectivity index (χ3n) is 4.32. The first kappa shape index (κ1) is 19.3. The second-order valence-corrected chi connectivity index (χ2v) is 7.39. The van der Waals surface area contributed by atoms with Gasteiger partial charge in [0.2, 0.25) is 11.8 Å². The minimum Gasteiger partial charge on any atom is -0.332 e. The lowest BCUT2D eigenvalue weighted by Gasteiger charge is -2.15. The highest BCUT2D eigenvalue weighted by Crippen LogP contribution is 2.31. The summed E-state index contributed by atoms with van der Waals surface area (Å²) >= 11 is 11.1. The van der Waals surface area contributed by atoms with Crippen LogP contribution in [0.5, 0.6) is 0 Å². The Hall–Kier alpha value is -2.44. The molecule has 5 nitrogen and oxygen atoms in total. The predicted octanol–water partition coefficient (Wildman–Crippen LogP) is 4.05. The Balaban J connectivity index is 1.57. The Bertz CT molecular complexity index is 879. The topological polar surface area (TPSA) is 70.2 Å². The van der Waals surface area contributed by atoms with E-state index in [1.54, 1.807) is 24.3 Å². The molecular formula is C20H20ClN3O2S. The largest absolute Gasteiger partial charge is 0.332 e. The van der Waals surface area contributed by atoms with Gasteiger partial charge in [-0.1, -0.05) is 29.8 Å². The summed E-state index contributed by atoms with van der Waals surface area (Å²) in [5.41, 5.74) is 3.19. The fourth-order valence-electron chi connectivity index (χ4n) is 2.60. The first-order chi connectivity index (χ1) is 12.9. The summed E-state index contributed by atoms with van der Waals surface area (Å²) in [5, 5.41) is 9.47. The van der Waals surface area contributed by atoms with Crippen LogP contribution in [0.2, 0.25) is 5.02 Å². The number of anilines is 2. The second-order valence-electron chi connectivity index (χ2n) is 6.55. The molecule has 1 aliphatic rings. The van der Waals surface area contributed by atoms with Gasteiger partial charge in [-0.15, -0.1) is 0 Å². The molecule has 1 saturated carbocycles. The fraction of sp³-hybridized carbons (Fsp3) is 0.250. The van der Waals surface area contributed by atoms with Crippen LogP contribution >= 0.6 is 23.8 Å². The quantitative estimate of drug-likeness (QED) is 0.661. The Kier molecular flexibility index (Phi) is 6.08. The van der Waals surface area contributed by atoms with Crippen LogP contribution in [-0.4, -0.2) is 16.9 Å². The number of benzene rings is 2. The van der Waals surface area contributed by atoms with Crippen molar-refractivity contribution < 1.29 is 9.59 Å². The van der Waals surface area contributed by atoms with Gasteiger partial charge in [-0.3, -0.25) is 9.59 Å². The van der Waals surface area contributed by atoms with Crippen molar-refractivity contribution in [3.8, 4) is 0 Å². The summed E-state index contributed by atoms with van der Waals surface area (Å²) in [6.07, 6.45) is 2.11. The lowest BCUT2D eigenvalue weighted by atomic mass is 10.1. The number of amides is 2. The SMILES string of the molecule is Cc1c(NC(=O)C2CC2)cccc1NC(=S)NC(=O)Cc1ccc(Cl)cc1. The molecule has 0 radical (unpaired) electrons. The van der Waals surface area contributed by atoms with Gasteiger partial charge in [-0.25, -0.2) is 0 Å². The molecule has 0 atom stereocenters. The van der Waals surface area contributed by atoms with Gasteiger partial charge in [0.1, 0.15) is 0 Å². The summed E-state index contributed by atoms with van der Waals surface area (Å²) in [6.45, 7) is 1.89. The Labute approximate surface area is 168 Å². The van der Waals surface area contributed by atoms with Crippen molar-refractivity contribution in [3.05, 3.63) is 58.6 Å². The highest BCUT2D eigenvalue weighted by molar-refractivity contribution is 7.80. The maximum absolute atomic E-state index is 12.1. The number of carbonyl (C=O) groups excluding carboxylic acids is 2. The molecule has 2 aromatic carbocycles. The first-order valence-electron chi connectivity index (χ1n) is 8.68. The molecule has 2 aromatic rings. The molecule has 7 heteroatoms. The average Bonchev–Trinajstić information content (AvgIpc) is 3.45. The monoisotopic (exact) mass is 401 g/mol. The standard InChI is InChI=1S/C20H20ClN3O2S/c1-12-16(22-19(26)14-7-8-14)3-2-4-17(12)23-20(27)24-18(25)11-13-5-9-15(21)10-6-13/h2-6,9-10,14H,7-8,11H2,1H3,(H,22,26)(H2,23,24,25,27). The molecule has 0 spiro atoms. The first-order valence-corrected chi connectivity index (χ1v) is 9.47. The van der Waals surface area contributed by atoms with Crippen LogP contribution in [0.3, 0.4) is 0 Å². The van der Waals surface area contributed by atoms with Gasteiger partial charge in [0.05, 0.1) is 6.42 Å². The third-order valence-corrected chi connectivity index (χ3v) is 4.77. The van der Waals surface area contributed by atoms with Crippen LogP contribution in [0.25, 0.3) is 0 Å². The average molecular weight is 402 g/mol. The van der Waals surface area contributed by atoms with Crippen LogP contribution in [0.1, 0.15) is 24.0 Å². The molecule has 0 aliphatic heterocycles. The highest BCUT2D eigenvalue weighted by Gasteiger charge is 2.29. The number of halogens is 1. The molecule has 1 aliphatic carbocycles. The molecule has 0 bridgehead atoms. The molecule has 0 unspecified atom stereocenters. The van der Waals surface area contributed by atoms with Crippen molar-refractivity contribution in [1.29, 1.82) is 0 Å². The number of hydrogen-bond acceptors (Lipinski definition) is 3. The van der Waals surface area contributed by atoms with Crippen LogP contribution in [0.15, 0.2) is 42.5 Å². The Morgan fingerprint density at radius 3 is 2.33 bits per heavy atom. The van der Waals surface area contributed by atoms with Crippen molar-refractivity contribution in [2.24, 2.45) is 5.92 Å². The highest BCUT2D eigenvalue weighted by atomic mass is 35.5. The fourth-order valence-corrected chi connectivity index (χ4v) is 2.95. The molecule has 0 heterocycles. The number of hydrogen-bond donors (Lipinski definition) is 3. The summed E-state index contributed by atoms with van der Waals surface area (Å²) < 4.78 is 0. The summed E-state index contributed by atoms with van der Waals surface area (Å²) in [5.74, 6) is -0.0333. The van der Waals surface area contributed by atoms with Crippen molar-refractivity contribution >= 4 is 52.1 Å². The number of nitrogens with one attached hydrogen (secondary N) is 3. The van der Waals surface area contributed by atoms with E-state index in [4.69, 9.17) is 23.8 Å². The van der Waals surface area contributed by atoms with Gasteiger partial charge >= 0.3 is 0 Å². The molecule has 0 saturated heterocycles. The minimum atomic E-state index is -0.217. The second kappa shape index (κ2) is 8.50. The number of thiocarbonyl (C=S) groups is 1.